The first kappa shape index (κ1) is 14.1. The molecule has 0 fully saturated rings. The molecule has 1 rings (SSSR count). The van der Waals surface area contributed by atoms with Gasteiger partial charge in [0.2, 0.25) is 16.0 Å². The molecule has 0 aliphatic rings. The van der Waals surface area contributed by atoms with E-state index in [0.29, 0.717) is 11.0 Å². The second-order valence-corrected chi connectivity index (χ2v) is 6.60. The third-order valence-electron chi connectivity index (χ3n) is 1.85. The maximum atomic E-state index is 11.0. The average molecular weight is 279 g/mol. The number of anilines is 1. The summed E-state index contributed by atoms with van der Waals surface area (Å²) >= 11 is 5.66. The van der Waals surface area contributed by atoms with Crippen molar-refractivity contribution in [1.82, 2.24) is 14.7 Å². The zero-order valence-corrected chi connectivity index (χ0v) is 11.4. The number of nitrogens with zero attached hydrogens (tertiary/aromatic N) is 2. The van der Waals surface area contributed by atoms with E-state index in [2.05, 4.69) is 20.0 Å². The number of rotatable bonds is 5. The summed E-state index contributed by atoms with van der Waals surface area (Å²) < 4.78 is 24.4. The Bertz CT molecular complexity index is 472. The Morgan fingerprint density at radius 1 is 1.35 bits per heavy atom. The van der Waals surface area contributed by atoms with Gasteiger partial charge in [-0.2, -0.15) is 0 Å². The van der Waals surface area contributed by atoms with Gasteiger partial charge in [-0.15, -0.1) is 0 Å². The number of hydrogen-bond donors (Lipinski definition) is 2. The predicted molar refractivity (Wildman–Crippen MR) is 67.6 cm³/mol. The summed E-state index contributed by atoms with van der Waals surface area (Å²) in [5.74, 6) is 0.398. The van der Waals surface area contributed by atoms with Crippen LogP contribution < -0.4 is 10.0 Å². The Morgan fingerprint density at radius 3 is 2.35 bits per heavy atom. The molecule has 0 atom stereocenters. The average Bonchev–Trinajstić information content (AvgIpc) is 2.18. The Hall–Kier alpha value is -0.920. The van der Waals surface area contributed by atoms with E-state index in [-0.39, 0.29) is 6.54 Å². The lowest BCUT2D eigenvalue weighted by molar-refractivity contribution is 0.529. The molecule has 0 amide bonds. The van der Waals surface area contributed by atoms with Crippen LogP contribution in [-0.2, 0) is 10.0 Å². The Morgan fingerprint density at radius 2 is 1.88 bits per heavy atom. The fraction of sp³-hybridized carbons (Fsp3) is 0.556. The lowest BCUT2D eigenvalue weighted by atomic mass is 10.1. The van der Waals surface area contributed by atoms with Crippen molar-refractivity contribution in [2.45, 2.75) is 19.4 Å². The van der Waals surface area contributed by atoms with Crippen molar-refractivity contribution >= 4 is 27.6 Å². The highest BCUT2D eigenvalue weighted by Crippen LogP contribution is 2.11. The first-order chi connectivity index (χ1) is 7.68. The van der Waals surface area contributed by atoms with Crippen molar-refractivity contribution in [3.8, 4) is 0 Å². The molecule has 0 saturated heterocycles. The largest absolute Gasteiger partial charge is 0.348 e. The van der Waals surface area contributed by atoms with Gasteiger partial charge in [0.25, 0.3) is 0 Å². The van der Waals surface area contributed by atoms with Gasteiger partial charge in [-0.1, -0.05) is 11.6 Å². The molecule has 17 heavy (non-hydrogen) atoms. The maximum Gasteiger partial charge on any atom is 0.223 e. The van der Waals surface area contributed by atoms with Crippen LogP contribution in [0.5, 0.6) is 0 Å². The molecule has 0 aliphatic carbocycles. The third kappa shape index (κ3) is 5.81. The van der Waals surface area contributed by atoms with Crippen molar-refractivity contribution in [2.75, 3.05) is 18.1 Å². The van der Waals surface area contributed by atoms with Crippen molar-refractivity contribution in [2.24, 2.45) is 0 Å². The van der Waals surface area contributed by atoms with E-state index < -0.39 is 15.6 Å². The monoisotopic (exact) mass is 278 g/mol. The van der Waals surface area contributed by atoms with Crippen molar-refractivity contribution in [3.05, 3.63) is 17.4 Å². The first-order valence-electron chi connectivity index (χ1n) is 4.88. The summed E-state index contributed by atoms with van der Waals surface area (Å²) in [6.45, 7) is 3.91. The molecule has 0 aliphatic heterocycles. The predicted octanol–water partition coefficient (Wildman–Crippen LogP) is 0.870. The van der Waals surface area contributed by atoms with E-state index in [1.54, 1.807) is 0 Å². The second kappa shape index (κ2) is 5.16. The molecule has 1 heterocycles. The molecule has 0 bridgehead atoms. The summed E-state index contributed by atoms with van der Waals surface area (Å²) in [4.78, 5) is 7.95. The standard InChI is InChI=1S/C9H15ClN4O2S/c1-9(2,6-13-17(3,15)16)14-8-11-4-7(10)5-12-8/h4-5,13H,6H2,1-3H3,(H,11,12,14). The van der Waals surface area contributed by atoms with E-state index in [1.165, 1.54) is 12.4 Å². The minimum atomic E-state index is -3.21. The zero-order chi connectivity index (χ0) is 13.1. The topological polar surface area (TPSA) is 84.0 Å². The number of halogens is 1. The first-order valence-corrected chi connectivity index (χ1v) is 7.15. The minimum Gasteiger partial charge on any atom is -0.348 e. The molecule has 0 radical (unpaired) electrons. The highest BCUT2D eigenvalue weighted by molar-refractivity contribution is 7.88. The maximum absolute atomic E-state index is 11.0. The number of sulfonamides is 1. The van der Waals surface area contributed by atoms with Gasteiger partial charge in [0, 0.05) is 12.1 Å². The quantitative estimate of drug-likeness (QED) is 0.835. The summed E-state index contributed by atoms with van der Waals surface area (Å²) in [6, 6.07) is 0. The van der Waals surface area contributed by atoms with Crippen LogP contribution in [0, 0.1) is 0 Å². The molecule has 0 unspecified atom stereocenters. The summed E-state index contributed by atoms with van der Waals surface area (Å²) in [6.07, 6.45) is 4.05. The number of nitrogens with one attached hydrogen (secondary N) is 2. The molecular formula is C9H15ClN4O2S. The molecule has 2 N–H and O–H groups in total. The lowest BCUT2D eigenvalue weighted by Gasteiger charge is -2.26. The van der Waals surface area contributed by atoms with Gasteiger partial charge in [0.1, 0.15) is 0 Å². The molecule has 8 heteroatoms. The van der Waals surface area contributed by atoms with Gasteiger partial charge in [-0.05, 0) is 13.8 Å². The van der Waals surface area contributed by atoms with E-state index in [4.69, 9.17) is 11.6 Å². The smallest absolute Gasteiger partial charge is 0.223 e. The lowest BCUT2D eigenvalue weighted by Crippen LogP contribution is -2.44. The molecule has 6 nitrogen and oxygen atoms in total. The highest BCUT2D eigenvalue weighted by Gasteiger charge is 2.20. The minimum absolute atomic E-state index is 0.234. The van der Waals surface area contributed by atoms with E-state index >= 15 is 0 Å². The van der Waals surface area contributed by atoms with Crippen molar-refractivity contribution in [3.63, 3.8) is 0 Å². The van der Waals surface area contributed by atoms with Crippen LogP contribution in [0.25, 0.3) is 0 Å². The molecule has 96 valence electrons. The molecule has 1 aromatic heterocycles. The van der Waals surface area contributed by atoms with Crippen LogP contribution in [0.3, 0.4) is 0 Å². The Balaban J connectivity index is 2.63. The van der Waals surface area contributed by atoms with Crippen LogP contribution in [0.2, 0.25) is 5.02 Å². The third-order valence-corrected chi connectivity index (χ3v) is 2.71. The van der Waals surface area contributed by atoms with Crippen LogP contribution in [0.15, 0.2) is 12.4 Å². The van der Waals surface area contributed by atoms with Crippen LogP contribution in [0.4, 0.5) is 5.95 Å². The van der Waals surface area contributed by atoms with Gasteiger partial charge < -0.3 is 5.32 Å². The van der Waals surface area contributed by atoms with Gasteiger partial charge >= 0.3 is 0 Å². The van der Waals surface area contributed by atoms with Crippen molar-refractivity contribution in [1.29, 1.82) is 0 Å². The van der Waals surface area contributed by atoms with Gasteiger partial charge in [0.15, 0.2) is 0 Å². The van der Waals surface area contributed by atoms with Crippen LogP contribution >= 0.6 is 11.6 Å². The molecule has 1 aromatic rings. The molecule has 0 aromatic carbocycles. The number of hydrogen-bond acceptors (Lipinski definition) is 5. The normalized spacial score (nSPS) is 12.5. The van der Waals surface area contributed by atoms with Crippen LogP contribution in [0.1, 0.15) is 13.8 Å². The summed E-state index contributed by atoms with van der Waals surface area (Å²) in [5.41, 5.74) is -0.503. The van der Waals surface area contributed by atoms with E-state index in [1.807, 2.05) is 13.8 Å². The fourth-order valence-electron chi connectivity index (χ4n) is 1.04. The molecule has 0 spiro atoms. The van der Waals surface area contributed by atoms with E-state index in [0.717, 1.165) is 6.26 Å². The summed E-state index contributed by atoms with van der Waals surface area (Å²) in [5, 5.41) is 3.46. The number of aromatic nitrogens is 2. The second-order valence-electron chi connectivity index (χ2n) is 4.33. The highest BCUT2D eigenvalue weighted by atomic mass is 35.5. The Kier molecular flexibility index (Phi) is 4.29. The molecule has 0 saturated carbocycles. The van der Waals surface area contributed by atoms with Gasteiger partial charge in [-0.3, -0.25) is 0 Å². The Labute approximate surface area is 106 Å². The fourth-order valence-corrected chi connectivity index (χ4v) is 1.76. The molecular weight excluding hydrogens is 264 g/mol. The SMILES string of the molecule is CC(C)(CNS(C)(=O)=O)Nc1ncc(Cl)cn1. The van der Waals surface area contributed by atoms with E-state index in [9.17, 15) is 8.42 Å². The summed E-state index contributed by atoms with van der Waals surface area (Å²) in [7, 11) is -3.21. The van der Waals surface area contributed by atoms with Crippen molar-refractivity contribution < 1.29 is 8.42 Å². The van der Waals surface area contributed by atoms with Gasteiger partial charge in [0.05, 0.1) is 23.7 Å². The van der Waals surface area contributed by atoms with Gasteiger partial charge in [-0.25, -0.2) is 23.1 Å². The van der Waals surface area contributed by atoms with Crippen LogP contribution in [-0.4, -0.2) is 36.7 Å². The zero-order valence-electron chi connectivity index (χ0n) is 9.86.